The number of hydrogen-bond acceptors (Lipinski definition) is 1. The summed E-state index contributed by atoms with van der Waals surface area (Å²) in [7, 11) is 0. The van der Waals surface area contributed by atoms with Gasteiger partial charge in [0.05, 0.1) is 0 Å². The third kappa shape index (κ3) is 3.89. The van der Waals surface area contributed by atoms with Crippen molar-refractivity contribution in [1.82, 2.24) is 0 Å². The third-order valence-corrected chi connectivity index (χ3v) is 3.55. The SMILES string of the molecule is Fc1ccc(N(CCCI)c2ccc(F)cc2)cc1. The van der Waals surface area contributed by atoms with Crippen molar-refractivity contribution in [3.63, 3.8) is 0 Å². The predicted molar refractivity (Wildman–Crippen MR) is 83.3 cm³/mol. The number of nitrogens with zero attached hydrogens (tertiary/aromatic N) is 1. The van der Waals surface area contributed by atoms with Crippen LogP contribution in [-0.4, -0.2) is 11.0 Å². The van der Waals surface area contributed by atoms with Gasteiger partial charge in [-0.05, 0) is 55.0 Å². The van der Waals surface area contributed by atoms with Crippen molar-refractivity contribution in [3.8, 4) is 0 Å². The molecule has 1 nitrogen and oxygen atoms in total. The predicted octanol–water partition coefficient (Wildman–Crippen LogP) is 4.93. The quantitative estimate of drug-likeness (QED) is 0.531. The Labute approximate surface area is 125 Å². The Morgan fingerprint density at radius 3 is 1.58 bits per heavy atom. The summed E-state index contributed by atoms with van der Waals surface area (Å²) in [6.45, 7) is 0.820. The molecule has 0 spiro atoms. The molecule has 4 heteroatoms. The van der Waals surface area contributed by atoms with Gasteiger partial charge in [-0.1, -0.05) is 22.6 Å². The van der Waals surface area contributed by atoms with E-state index in [0.29, 0.717) is 0 Å². The fourth-order valence-electron chi connectivity index (χ4n) is 1.87. The topological polar surface area (TPSA) is 3.24 Å². The van der Waals surface area contributed by atoms with Crippen LogP contribution in [0.15, 0.2) is 48.5 Å². The first-order chi connectivity index (χ1) is 9.20. The van der Waals surface area contributed by atoms with Gasteiger partial charge in [0.1, 0.15) is 11.6 Å². The second-order valence-electron chi connectivity index (χ2n) is 4.15. The molecule has 0 N–H and O–H groups in total. The zero-order chi connectivity index (χ0) is 13.7. The van der Waals surface area contributed by atoms with Gasteiger partial charge in [0, 0.05) is 22.3 Å². The minimum Gasteiger partial charge on any atom is -0.341 e. The van der Waals surface area contributed by atoms with Gasteiger partial charge < -0.3 is 4.90 Å². The van der Waals surface area contributed by atoms with Crippen LogP contribution in [0.25, 0.3) is 0 Å². The molecule has 0 aliphatic carbocycles. The Balaban J connectivity index is 2.29. The lowest BCUT2D eigenvalue weighted by Crippen LogP contribution is -2.18. The van der Waals surface area contributed by atoms with Crippen LogP contribution in [0.2, 0.25) is 0 Å². The maximum atomic E-state index is 13.0. The van der Waals surface area contributed by atoms with E-state index < -0.39 is 0 Å². The fraction of sp³-hybridized carbons (Fsp3) is 0.200. The molecule has 19 heavy (non-hydrogen) atoms. The molecule has 0 aliphatic heterocycles. The summed E-state index contributed by atoms with van der Waals surface area (Å²) in [5.74, 6) is -0.506. The number of halogens is 3. The Kier molecular flexibility index (Phi) is 5.13. The summed E-state index contributed by atoms with van der Waals surface area (Å²) in [5.41, 5.74) is 1.83. The smallest absolute Gasteiger partial charge is 0.123 e. The standard InChI is InChI=1S/C15H14F2IN/c16-12-2-6-14(7-3-12)19(11-1-10-18)15-8-4-13(17)5-9-15/h2-9H,1,10-11H2. The van der Waals surface area contributed by atoms with E-state index in [9.17, 15) is 8.78 Å². The molecule has 0 bridgehead atoms. The molecule has 0 heterocycles. The summed E-state index contributed by atoms with van der Waals surface area (Å²) in [6.07, 6.45) is 1.01. The fourth-order valence-corrected chi connectivity index (χ4v) is 2.21. The molecule has 0 saturated carbocycles. The van der Waals surface area contributed by atoms with Gasteiger partial charge in [0.15, 0.2) is 0 Å². The van der Waals surface area contributed by atoms with Crippen LogP contribution in [0.5, 0.6) is 0 Å². The highest BCUT2D eigenvalue weighted by Crippen LogP contribution is 2.26. The molecular formula is C15H14F2IN. The number of rotatable bonds is 5. The van der Waals surface area contributed by atoms with E-state index in [0.717, 1.165) is 28.8 Å². The molecule has 0 unspecified atom stereocenters. The minimum atomic E-state index is -0.253. The van der Waals surface area contributed by atoms with Gasteiger partial charge in [-0.15, -0.1) is 0 Å². The summed E-state index contributed by atoms with van der Waals surface area (Å²) in [4.78, 5) is 2.07. The maximum absolute atomic E-state index is 13.0. The molecule has 0 aromatic heterocycles. The lowest BCUT2D eigenvalue weighted by atomic mass is 10.2. The van der Waals surface area contributed by atoms with Crippen LogP contribution in [0.3, 0.4) is 0 Å². The normalized spacial score (nSPS) is 10.5. The Bertz CT molecular complexity index is 465. The van der Waals surface area contributed by atoms with E-state index in [1.807, 2.05) is 0 Å². The highest BCUT2D eigenvalue weighted by atomic mass is 127. The van der Waals surface area contributed by atoms with Crippen LogP contribution < -0.4 is 4.90 Å². The van der Waals surface area contributed by atoms with E-state index in [4.69, 9.17) is 0 Å². The molecule has 0 fully saturated rings. The average molecular weight is 373 g/mol. The molecular weight excluding hydrogens is 359 g/mol. The molecule has 2 rings (SSSR count). The molecule has 0 amide bonds. The van der Waals surface area contributed by atoms with Crippen molar-refractivity contribution in [2.45, 2.75) is 6.42 Å². The van der Waals surface area contributed by atoms with Crippen molar-refractivity contribution < 1.29 is 8.78 Å². The highest BCUT2D eigenvalue weighted by Gasteiger charge is 2.09. The van der Waals surface area contributed by atoms with Gasteiger partial charge in [-0.2, -0.15) is 0 Å². The van der Waals surface area contributed by atoms with Gasteiger partial charge in [-0.25, -0.2) is 8.78 Å². The third-order valence-electron chi connectivity index (χ3n) is 2.79. The first kappa shape index (κ1) is 14.2. The Morgan fingerprint density at radius 2 is 1.21 bits per heavy atom. The first-order valence-electron chi connectivity index (χ1n) is 6.05. The number of alkyl halides is 1. The second kappa shape index (κ2) is 6.84. The van der Waals surface area contributed by atoms with Crippen LogP contribution in [0.1, 0.15) is 6.42 Å². The minimum absolute atomic E-state index is 0.253. The van der Waals surface area contributed by atoms with Gasteiger partial charge in [0.2, 0.25) is 0 Å². The van der Waals surface area contributed by atoms with Crippen molar-refractivity contribution in [3.05, 3.63) is 60.2 Å². The lowest BCUT2D eigenvalue weighted by Gasteiger charge is -2.24. The number of hydrogen-bond donors (Lipinski definition) is 0. The number of benzene rings is 2. The lowest BCUT2D eigenvalue weighted by molar-refractivity contribution is 0.627. The zero-order valence-electron chi connectivity index (χ0n) is 10.3. The van der Waals surface area contributed by atoms with E-state index in [1.165, 1.54) is 24.3 Å². The highest BCUT2D eigenvalue weighted by molar-refractivity contribution is 14.1. The van der Waals surface area contributed by atoms with E-state index in [2.05, 4.69) is 27.5 Å². The molecule has 2 aromatic rings. The molecule has 2 aromatic carbocycles. The Morgan fingerprint density at radius 1 is 0.789 bits per heavy atom. The summed E-state index contributed by atoms with van der Waals surface area (Å²) < 4.78 is 27.0. The molecule has 100 valence electrons. The van der Waals surface area contributed by atoms with E-state index >= 15 is 0 Å². The largest absolute Gasteiger partial charge is 0.341 e. The zero-order valence-corrected chi connectivity index (χ0v) is 12.5. The van der Waals surface area contributed by atoms with Crippen molar-refractivity contribution in [2.75, 3.05) is 15.9 Å². The van der Waals surface area contributed by atoms with Crippen LogP contribution in [0, 0.1) is 11.6 Å². The van der Waals surface area contributed by atoms with Gasteiger partial charge in [-0.3, -0.25) is 0 Å². The molecule has 0 saturated heterocycles. The van der Waals surface area contributed by atoms with Crippen molar-refractivity contribution in [2.24, 2.45) is 0 Å². The van der Waals surface area contributed by atoms with Crippen molar-refractivity contribution in [1.29, 1.82) is 0 Å². The monoisotopic (exact) mass is 373 g/mol. The van der Waals surface area contributed by atoms with E-state index in [1.54, 1.807) is 24.3 Å². The van der Waals surface area contributed by atoms with Crippen molar-refractivity contribution >= 4 is 34.0 Å². The average Bonchev–Trinajstić information content (AvgIpc) is 2.43. The number of anilines is 2. The Hall–Kier alpha value is -1.17. The van der Waals surface area contributed by atoms with E-state index in [-0.39, 0.29) is 11.6 Å². The second-order valence-corrected chi connectivity index (χ2v) is 5.23. The summed E-state index contributed by atoms with van der Waals surface area (Å²) >= 11 is 2.32. The van der Waals surface area contributed by atoms with Crippen LogP contribution in [-0.2, 0) is 0 Å². The van der Waals surface area contributed by atoms with Crippen LogP contribution in [0.4, 0.5) is 20.2 Å². The molecule has 0 aliphatic rings. The maximum Gasteiger partial charge on any atom is 0.123 e. The first-order valence-corrected chi connectivity index (χ1v) is 7.58. The van der Waals surface area contributed by atoms with Crippen LogP contribution >= 0.6 is 22.6 Å². The summed E-state index contributed by atoms with van der Waals surface area (Å²) in [6, 6.07) is 12.7. The molecule has 0 atom stereocenters. The molecule has 0 radical (unpaired) electrons. The van der Waals surface area contributed by atoms with Gasteiger partial charge in [0.25, 0.3) is 0 Å². The summed E-state index contributed by atoms with van der Waals surface area (Å²) in [5, 5.41) is 0. The van der Waals surface area contributed by atoms with Gasteiger partial charge >= 0.3 is 0 Å².